The highest BCUT2D eigenvalue weighted by atomic mass is 16.5. The van der Waals surface area contributed by atoms with E-state index in [1.165, 1.54) is 25.7 Å². The molecule has 0 bridgehead atoms. The first-order chi connectivity index (χ1) is 8.77. The average Bonchev–Trinajstić information content (AvgIpc) is 2.65. The summed E-state index contributed by atoms with van der Waals surface area (Å²) in [4.78, 5) is 4.13. The van der Waals surface area contributed by atoms with Crippen LogP contribution >= 0.6 is 0 Å². The van der Waals surface area contributed by atoms with Crippen molar-refractivity contribution in [2.75, 3.05) is 0 Å². The smallest absolute Gasteiger partial charge is 0.142 e. The summed E-state index contributed by atoms with van der Waals surface area (Å²) in [6.07, 6.45) is 9.48. The molecule has 4 nitrogen and oxygen atoms in total. The van der Waals surface area contributed by atoms with Crippen molar-refractivity contribution in [3.8, 4) is 0 Å². The molecule has 0 unspecified atom stereocenters. The van der Waals surface area contributed by atoms with Gasteiger partial charge in [0.25, 0.3) is 0 Å². The molecule has 18 heavy (non-hydrogen) atoms. The van der Waals surface area contributed by atoms with E-state index in [0.717, 1.165) is 18.4 Å². The Morgan fingerprint density at radius 3 is 2.72 bits per heavy atom. The number of aromatic nitrogens is 1. The summed E-state index contributed by atoms with van der Waals surface area (Å²) in [6, 6.07) is 3.79. The number of pyridine rings is 1. The van der Waals surface area contributed by atoms with Crippen molar-refractivity contribution in [3.05, 3.63) is 29.6 Å². The molecule has 0 radical (unpaired) electrons. The van der Waals surface area contributed by atoms with E-state index in [9.17, 15) is 0 Å². The lowest BCUT2D eigenvalue weighted by atomic mass is 10.1. The van der Waals surface area contributed by atoms with Crippen LogP contribution in [0.15, 0.2) is 18.3 Å². The van der Waals surface area contributed by atoms with Gasteiger partial charge in [-0.3, -0.25) is 10.4 Å². The minimum atomic E-state index is 0.00932. The number of nitrogens with zero attached hydrogens (tertiary/aromatic N) is 1. The third kappa shape index (κ3) is 3.53. The minimum Gasteiger partial charge on any atom is -0.382 e. The van der Waals surface area contributed by atoms with Gasteiger partial charge >= 0.3 is 0 Å². The maximum atomic E-state index is 7.49. The fraction of sp³-hybridized carbons (Fsp3) is 0.571. The number of rotatable bonds is 4. The Morgan fingerprint density at radius 2 is 2.06 bits per heavy atom. The molecular weight excluding hydrogens is 226 g/mol. The van der Waals surface area contributed by atoms with Gasteiger partial charge in [0.15, 0.2) is 0 Å². The van der Waals surface area contributed by atoms with E-state index < -0.39 is 0 Å². The Labute approximate surface area is 108 Å². The van der Waals surface area contributed by atoms with Crippen molar-refractivity contribution < 1.29 is 4.74 Å². The van der Waals surface area contributed by atoms with Crippen LogP contribution in [0.4, 0.5) is 0 Å². The van der Waals surface area contributed by atoms with E-state index in [4.69, 9.17) is 15.9 Å². The molecule has 1 aromatic heterocycles. The van der Waals surface area contributed by atoms with Gasteiger partial charge in [-0.1, -0.05) is 31.7 Å². The van der Waals surface area contributed by atoms with Crippen molar-refractivity contribution in [1.29, 1.82) is 5.41 Å². The highest BCUT2D eigenvalue weighted by molar-refractivity contribution is 5.94. The fourth-order valence-electron chi connectivity index (χ4n) is 2.41. The molecule has 4 heteroatoms. The number of nitrogen functional groups attached to an aromatic ring is 1. The Hall–Kier alpha value is -1.42. The predicted molar refractivity (Wildman–Crippen MR) is 71.5 cm³/mol. The zero-order valence-electron chi connectivity index (χ0n) is 10.7. The normalized spacial score (nSPS) is 17.3. The van der Waals surface area contributed by atoms with Crippen LogP contribution in [0.2, 0.25) is 0 Å². The molecule has 1 fully saturated rings. The summed E-state index contributed by atoms with van der Waals surface area (Å²) in [5.41, 5.74) is 6.97. The molecule has 1 saturated carbocycles. The largest absolute Gasteiger partial charge is 0.382 e. The predicted octanol–water partition coefficient (Wildman–Crippen LogP) is 2.61. The van der Waals surface area contributed by atoms with E-state index in [2.05, 4.69) is 4.98 Å². The SMILES string of the molecule is N=C(N)c1ncccc1COC1CCCCCC1. The standard InChI is InChI=1S/C14H21N3O/c15-14(16)13-11(6-5-9-17-13)10-18-12-7-3-1-2-4-8-12/h5-6,9,12H,1-4,7-8,10H2,(H3,15,16). The second-order valence-corrected chi connectivity index (χ2v) is 4.85. The number of hydrogen-bond donors (Lipinski definition) is 2. The zero-order valence-corrected chi connectivity index (χ0v) is 10.7. The molecule has 1 aliphatic rings. The van der Waals surface area contributed by atoms with Gasteiger partial charge in [-0.2, -0.15) is 0 Å². The first kappa shape index (κ1) is 13.0. The van der Waals surface area contributed by atoms with Gasteiger partial charge in [-0.05, 0) is 18.9 Å². The second kappa shape index (κ2) is 6.50. The van der Waals surface area contributed by atoms with Gasteiger partial charge < -0.3 is 10.5 Å². The van der Waals surface area contributed by atoms with Gasteiger partial charge in [0, 0.05) is 11.8 Å². The summed E-state index contributed by atoms with van der Waals surface area (Å²) >= 11 is 0. The fourth-order valence-corrected chi connectivity index (χ4v) is 2.41. The van der Waals surface area contributed by atoms with Crippen LogP contribution in [-0.4, -0.2) is 16.9 Å². The first-order valence-corrected chi connectivity index (χ1v) is 6.67. The van der Waals surface area contributed by atoms with Crippen LogP contribution in [-0.2, 0) is 11.3 Å². The topological polar surface area (TPSA) is 72.0 Å². The highest BCUT2D eigenvalue weighted by Gasteiger charge is 2.14. The van der Waals surface area contributed by atoms with Gasteiger partial charge in [0.2, 0.25) is 0 Å². The molecular formula is C14H21N3O. The van der Waals surface area contributed by atoms with Crippen LogP contribution in [0.3, 0.4) is 0 Å². The summed E-state index contributed by atoms with van der Waals surface area (Å²) < 4.78 is 5.95. The van der Waals surface area contributed by atoms with Gasteiger partial charge in [0.05, 0.1) is 12.7 Å². The molecule has 0 saturated heterocycles. The zero-order chi connectivity index (χ0) is 12.8. The van der Waals surface area contributed by atoms with Crippen molar-refractivity contribution in [1.82, 2.24) is 4.98 Å². The lowest BCUT2D eigenvalue weighted by molar-refractivity contribution is 0.0308. The van der Waals surface area contributed by atoms with Crippen LogP contribution < -0.4 is 5.73 Å². The number of ether oxygens (including phenoxy) is 1. The summed E-state index contributed by atoms with van der Waals surface area (Å²) in [5.74, 6) is 0.00932. The van der Waals surface area contributed by atoms with Crippen molar-refractivity contribution in [3.63, 3.8) is 0 Å². The Balaban J connectivity index is 1.94. The molecule has 1 heterocycles. The Bertz CT molecular complexity index is 398. The second-order valence-electron chi connectivity index (χ2n) is 4.85. The molecule has 1 aliphatic carbocycles. The third-order valence-electron chi connectivity index (χ3n) is 3.42. The average molecular weight is 247 g/mol. The Kier molecular flexibility index (Phi) is 4.70. The molecule has 1 aromatic rings. The van der Waals surface area contributed by atoms with Crippen molar-refractivity contribution in [2.45, 2.75) is 51.2 Å². The van der Waals surface area contributed by atoms with Crippen molar-refractivity contribution >= 4 is 5.84 Å². The Morgan fingerprint density at radius 1 is 1.33 bits per heavy atom. The van der Waals surface area contributed by atoms with E-state index in [0.29, 0.717) is 18.4 Å². The summed E-state index contributed by atoms with van der Waals surface area (Å²) in [6.45, 7) is 0.507. The maximum absolute atomic E-state index is 7.49. The summed E-state index contributed by atoms with van der Waals surface area (Å²) in [7, 11) is 0. The van der Waals surface area contributed by atoms with Crippen molar-refractivity contribution in [2.24, 2.45) is 5.73 Å². The lowest BCUT2D eigenvalue weighted by Gasteiger charge is -2.16. The molecule has 0 aromatic carbocycles. The van der Waals surface area contributed by atoms with E-state index >= 15 is 0 Å². The van der Waals surface area contributed by atoms with Gasteiger partial charge in [-0.15, -0.1) is 0 Å². The minimum absolute atomic E-state index is 0.00932. The quantitative estimate of drug-likeness (QED) is 0.488. The number of amidine groups is 1. The van der Waals surface area contributed by atoms with Crippen LogP contribution in [0, 0.1) is 5.41 Å². The molecule has 0 spiro atoms. The van der Waals surface area contributed by atoms with Gasteiger partial charge in [-0.25, -0.2) is 0 Å². The molecule has 0 amide bonds. The van der Waals surface area contributed by atoms with Gasteiger partial charge in [0.1, 0.15) is 11.5 Å². The molecule has 0 aliphatic heterocycles. The maximum Gasteiger partial charge on any atom is 0.142 e. The molecule has 98 valence electrons. The molecule has 3 N–H and O–H groups in total. The highest BCUT2D eigenvalue weighted by Crippen LogP contribution is 2.21. The van der Waals surface area contributed by atoms with E-state index in [1.54, 1.807) is 6.20 Å². The monoisotopic (exact) mass is 247 g/mol. The third-order valence-corrected chi connectivity index (χ3v) is 3.42. The van der Waals surface area contributed by atoms with E-state index in [-0.39, 0.29) is 5.84 Å². The van der Waals surface area contributed by atoms with E-state index in [1.807, 2.05) is 12.1 Å². The molecule has 0 atom stereocenters. The van der Waals surface area contributed by atoms with Crippen LogP contribution in [0.1, 0.15) is 49.8 Å². The first-order valence-electron chi connectivity index (χ1n) is 6.67. The number of hydrogen-bond acceptors (Lipinski definition) is 3. The van der Waals surface area contributed by atoms with Crippen LogP contribution in [0.25, 0.3) is 0 Å². The number of nitrogens with two attached hydrogens (primary N) is 1. The number of nitrogens with one attached hydrogen (secondary N) is 1. The molecule has 2 rings (SSSR count). The summed E-state index contributed by atoms with van der Waals surface area (Å²) in [5, 5.41) is 7.49. The van der Waals surface area contributed by atoms with Crippen LogP contribution in [0.5, 0.6) is 0 Å². The lowest BCUT2D eigenvalue weighted by Crippen LogP contribution is -2.18.